The van der Waals surface area contributed by atoms with Gasteiger partial charge in [-0.2, -0.15) is 0 Å². The molecular weight excluding hydrogens is 256 g/mol. The molecule has 0 aliphatic rings. The van der Waals surface area contributed by atoms with E-state index in [1.54, 1.807) is 30.0 Å². The molecule has 1 unspecified atom stereocenters. The van der Waals surface area contributed by atoms with Crippen LogP contribution < -0.4 is 11.1 Å². The fourth-order valence-electron chi connectivity index (χ4n) is 1.15. The predicted molar refractivity (Wildman–Crippen MR) is 76.7 cm³/mol. The zero-order chi connectivity index (χ0) is 12.8. The van der Waals surface area contributed by atoms with Gasteiger partial charge in [-0.05, 0) is 24.6 Å². The Morgan fingerprint density at radius 1 is 1.59 bits per heavy atom. The number of carbonyl (C=O) groups excluding carboxylic acids is 1. The third-order valence-corrected chi connectivity index (χ3v) is 4.03. The van der Waals surface area contributed by atoms with Gasteiger partial charge in [0.1, 0.15) is 0 Å². The zero-order valence-corrected chi connectivity index (χ0v) is 11.6. The Kier molecular flexibility index (Phi) is 5.65. The smallest absolute Gasteiger partial charge is 0.234 e. The van der Waals surface area contributed by atoms with Crippen LogP contribution in [0.15, 0.2) is 18.2 Å². The number of rotatable bonds is 5. The van der Waals surface area contributed by atoms with Crippen molar-refractivity contribution in [3.05, 3.63) is 23.2 Å². The number of carbonyl (C=O) groups is 1. The van der Waals surface area contributed by atoms with E-state index in [9.17, 15) is 4.79 Å². The lowest BCUT2D eigenvalue weighted by Gasteiger charge is -2.09. The van der Waals surface area contributed by atoms with E-state index in [1.807, 2.05) is 0 Å². The Bertz CT molecular complexity index is 398. The maximum Gasteiger partial charge on any atom is 0.234 e. The van der Waals surface area contributed by atoms with Crippen molar-refractivity contribution < 1.29 is 4.79 Å². The second-order valence-corrected chi connectivity index (χ2v) is 5.65. The molecule has 0 spiro atoms. The molecule has 1 atom stereocenters. The van der Waals surface area contributed by atoms with Gasteiger partial charge in [0.2, 0.25) is 5.91 Å². The summed E-state index contributed by atoms with van der Waals surface area (Å²) in [4.78, 5) is 11.6. The molecule has 1 amide bonds. The van der Waals surface area contributed by atoms with Gasteiger partial charge in [0.25, 0.3) is 0 Å². The number of nitrogen functional groups attached to an aromatic ring is 1. The third-order valence-electron chi connectivity index (χ3n) is 2.35. The molecule has 5 heteroatoms. The van der Waals surface area contributed by atoms with Crippen LogP contribution in [-0.4, -0.2) is 16.9 Å². The first kappa shape index (κ1) is 14.2. The maximum absolute atomic E-state index is 11.6. The fourth-order valence-corrected chi connectivity index (χ4v) is 2.02. The van der Waals surface area contributed by atoms with E-state index in [0.29, 0.717) is 27.4 Å². The number of nitrogens with two attached hydrogens (primary N) is 1. The van der Waals surface area contributed by atoms with E-state index in [1.165, 1.54) is 0 Å². The van der Waals surface area contributed by atoms with E-state index >= 15 is 0 Å². The Hall–Kier alpha value is -0.870. The topological polar surface area (TPSA) is 55.1 Å². The quantitative estimate of drug-likeness (QED) is 0.808. The first-order chi connectivity index (χ1) is 8.02. The van der Waals surface area contributed by atoms with Crippen molar-refractivity contribution in [3.8, 4) is 0 Å². The normalized spacial score (nSPS) is 12.2. The molecule has 0 aliphatic heterocycles. The van der Waals surface area contributed by atoms with E-state index in [4.69, 9.17) is 17.3 Å². The van der Waals surface area contributed by atoms with Crippen molar-refractivity contribution in [2.24, 2.45) is 0 Å². The van der Waals surface area contributed by atoms with Crippen LogP contribution in [0.25, 0.3) is 0 Å². The van der Waals surface area contributed by atoms with E-state index < -0.39 is 0 Å². The van der Waals surface area contributed by atoms with Crippen LogP contribution in [-0.2, 0) is 4.79 Å². The van der Waals surface area contributed by atoms with Crippen LogP contribution in [0.3, 0.4) is 0 Å². The summed E-state index contributed by atoms with van der Waals surface area (Å²) in [6, 6.07) is 5.08. The molecule has 1 aromatic rings. The summed E-state index contributed by atoms with van der Waals surface area (Å²) in [6.45, 7) is 4.22. The minimum atomic E-state index is -0.0166. The van der Waals surface area contributed by atoms with E-state index in [0.717, 1.165) is 6.42 Å². The summed E-state index contributed by atoms with van der Waals surface area (Å²) in [7, 11) is 0. The van der Waals surface area contributed by atoms with Crippen molar-refractivity contribution in [1.82, 2.24) is 0 Å². The monoisotopic (exact) mass is 272 g/mol. The number of hydrogen-bond acceptors (Lipinski definition) is 3. The van der Waals surface area contributed by atoms with Crippen LogP contribution in [0.5, 0.6) is 0 Å². The zero-order valence-electron chi connectivity index (χ0n) is 10.00. The Morgan fingerprint density at radius 3 is 2.88 bits per heavy atom. The van der Waals surface area contributed by atoms with Gasteiger partial charge in [0.15, 0.2) is 0 Å². The molecule has 3 nitrogen and oxygen atoms in total. The van der Waals surface area contributed by atoms with E-state index in [-0.39, 0.29) is 5.91 Å². The van der Waals surface area contributed by atoms with Crippen LogP contribution in [0.4, 0.5) is 11.4 Å². The highest BCUT2D eigenvalue weighted by molar-refractivity contribution is 8.00. The van der Waals surface area contributed by atoms with Gasteiger partial charge < -0.3 is 11.1 Å². The highest BCUT2D eigenvalue weighted by Gasteiger charge is 2.06. The van der Waals surface area contributed by atoms with Crippen LogP contribution in [0.1, 0.15) is 20.3 Å². The summed E-state index contributed by atoms with van der Waals surface area (Å²) in [5.74, 6) is 0.439. The van der Waals surface area contributed by atoms with Gasteiger partial charge >= 0.3 is 0 Å². The van der Waals surface area contributed by atoms with Crippen LogP contribution >= 0.6 is 23.4 Å². The number of amides is 1. The molecule has 94 valence electrons. The predicted octanol–water partition coefficient (Wildman–Crippen LogP) is 3.39. The van der Waals surface area contributed by atoms with Gasteiger partial charge in [0.05, 0.1) is 16.5 Å². The number of benzene rings is 1. The molecule has 17 heavy (non-hydrogen) atoms. The lowest BCUT2D eigenvalue weighted by atomic mass is 10.3. The molecule has 1 rings (SSSR count). The molecule has 0 heterocycles. The number of halogens is 1. The van der Waals surface area contributed by atoms with Gasteiger partial charge in [-0.15, -0.1) is 11.8 Å². The standard InChI is InChI=1S/C12H17ClN2OS/c1-3-8(2)17-7-12(16)15-9-4-5-10(13)11(14)6-9/h4-6,8H,3,7,14H2,1-2H3,(H,15,16). The Labute approximate surface area is 111 Å². The fraction of sp³-hybridized carbons (Fsp3) is 0.417. The van der Waals surface area contributed by atoms with Gasteiger partial charge in [-0.3, -0.25) is 4.79 Å². The van der Waals surface area contributed by atoms with Gasteiger partial charge in [0, 0.05) is 10.9 Å². The first-order valence-corrected chi connectivity index (χ1v) is 6.92. The number of thioether (sulfide) groups is 1. The molecule has 3 N–H and O–H groups in total. The molecule has 1 aromatic carbocycles. The molecule has 0 aliphatic carbocycles. The second-order valence-electron chi connectivity index (χ2n) is 3.81. The summed E-state index contributed by atoms with van der Waals surface area (Å²) in [5.41, 5.74) is 6.81. The van der Waals surface area contributed by atoms with Crippen LogP contribution in [0, 0.1) is 0 Å². The van der Waals surface area contributed by atoms with E-state index in [2.05, 4.69) is 19.2 Å². The average Bonchev–Trinajstić information content (AvgIpc) is 2.31. The van der Waals surface area contributed by atoms with Gasteiger partial charge in [-0.25, -0.2) is 0 Å². The van der Waals surface area contributed by atoms with Crippen molar-refractivity contribution in [2.45, 2.75) is 25.5 Å². The number of nitrogens with one attached hydrogen (secondary N) is 1. The molecule has 0 bridgehead atoms. The van der Waals surface area contributed by atoms with Crippen molar-refractivity contribution >= 4 is 40.6 Å². The highest BCUT2D eigenvalue weighted by Crippen LogP contribution is 2.22. The summed E-state index contributed by atoms with van der Waals surface area (Å²) in [5, 5.41) is 3.78. The number of anilines is 2. The summed E-state index contributed by atoms with van der Waals surface area (Å²) >= 11 is 7.44. The third kappa shape index (κ3) is 4.88. The largest absolute Gasteiger partial charge is 0.397 e. The highest BCUT2D eigenvalue weighted by atomic mass is 35.5. The molecule has 0 fully saturated rings. The molecule has 0 aromatic heterocycles. The Morgan fingerprint density at radius 2 is 2.29 bits per heavy atom. The Balaban J connectivity index is 2.48. The molecule has 0 radical (unpaired) electrons. The second kappa shape index (κ2) is 6.77. The van der Waals surface area contributed by atoms with Crippen molar-refractivity contribution in [2.75, 3.05) is 16.8 Å². The van der Waals surface area contributed by atoms with Crippen molar-refractivity contribution in [1.29, 1.82) is 0 Å². The summed E-state index contributed by atoms with van der Waals surface area (Å²) < 4.78 is 0. The molecular formula is C12H17ClN2OS. The SMILES string of the molecule is CCC(C)SCC(=O)Nc1ccc(Cl)c(N)c1. The average molecular weight is 273 g/mol. The van der Waals surface area contributed by atoms with Crippen molar-refractivity contribution in [3.63, 3.8) is 0 Å². The van der Waals surface area contributed by atoms with Crippen LogP contribution in [0.2, 0.25) is 5.02 Å². The minimum absolute atomic E-state index is 0.0166. The maximum atomic E-state index is 11.6. The lowest BCUT2D eigenvalue weighted by molar-refractivity contribution is -0.113. The first-order valence-electron chi connectivity index (χ1n) is 5.49. The van der Waals surface area contributed by atoms with Gasteiger partial charge in [-0.1, -0.05) is 25.4 Å². The minimum Gasteiger partial charge on any atom is -0.397 e. The summed E-state index contributed by atoms with van der Waals surface area (Å²) in [6.07, 6.45) is 1.06. The lowest BCUT2D eigenvalue weighted by Crippen LogP contribution is -2.15. The number of hydrogen-bond donors (Lipinski definition) is 2. The molecule has 0 saturated heterocycles. The molecule has 0 saturated carbocycles.